The molecule has 2 fully saturated rings. The van der Waals surface area contributed by atoms with Crippen molar-refractivity contribution in [2.24, 2.45) is 5.41 Å². The van der Waals surface area contributed by atoms with Crippen LogP contribution in [-0.2, 0) is 4.74 Å². The molecule has 2 aromatic heterocycles. The maximum Gasteiger partial charge on any atom is 0.339 e. The first-order valence-corrected chi connectivity index (χ1v) is 7.37. The Hall–Kier alpha value is -1.84. The zero-order valence-electron chi connectivity index (χ0n) is 11.4. The number of hydrogen-bond acceptors (Lipinski definition) is 3. The van der Waals surface area contributed by atoms with Crippen LogP contribution in [0.25, 0.3) is 5.52 Å². The Morgan fingerprint density at radius 1 is 1.35 bits per heavy atom. The highest BCUT2D eigenvalue weighted by Gasteiger charge is 2.44. The number of rotatable bonds is 2. The van der Waals surface area contributed by atoms with E-state index in [0.29, 0.717) is 11.0 Å². The lowest BCUT2D eigenvalue weighted by Gasteiger charge is -2.38. The molecule has 2 heterocycles. The van der Waals surface area contributed by atoms with E-state index >= 15 is 0 Å². The first-order chi connectivity index (χ1) is 9.74. The van der Waals surface area contributed by atoms with Gasteiger partial charge in [0.25, 0.3) is 0 Å². The quantitative estimate of drug-likeness (QED) is 0.787. The van der Waals surface area contributed by atoms with Gasteiger partial charge in [0.05, 0.1) is 23.6 Å². The van der Waals surface area contributed by atoms with Gasteiger partial charge in [0.15, 0.2) is 0 Å². The van der Waals surface area contributed by atoms with Gasteiger partial charge in [0.2, 0.25) is 0 Å². The molecule has 1 spiro atoms. The normalized spacial score (nSPS) is 23.9. The van der Waals surface area contributed by atoms with Gasteiger partial charge in [0.1, 0.15) is 6.10 Å². The fourth-order valence-electron chi connectivity index (χ4n) is 3.65. The van der Waals surface area contributed by atoms with Crippen LogP contribution in [0, 0.1) is 5.41 Å². The number of hydrogen-bond donors (Lipinski definition) is 0. The van der Waals surface area contributed by atoms with E-state index in [4.69, 9.17) is 4.74 Å². The van der Waals surface area contributed by atoms with Crippen LogP contribution in [0.15, 0.2) is 30.9 Å². The number of nitrogens with zero attached hydrogens (tertiary/aromatic N) is 2. The third kappa shape index (κ3) is 1.90. The highest BCUT2D eigenvalue weighted by Crippen LogP contribution is 2.53. The molecule has 2 aromatic rings. The van der Waals surface area contributed by atoms with E-state index in [1.807, 2.05) is 16.5 Å². The first-order valence-electron chi connectivity index (χ1n) is 7.37. The van der Waals surface area contributed by atoms with Gasteiger partial charge in [-0.15, -0.1) is 0 Å². The van der Waals surface area contributed by atoms with Gasteiger partial charge in [-0.2, -0.15) is 0 Å². The molecule has 0 amide bonds. The maximum absolute atomic E-state index is 12.2. The summed E-state index contributed by atoms with van der Waals surface area (Å²) in [6.45, 7) is 0. The number of carbonyl (C=O) groups is 1. The predicted octanol–water partition coefficient (Wildman–Crippen LogP) is 3.21. The first kappa shape index (κ1) is 11.9. The van der Waals surface area contributed by atoms with Gasteiger partial charge >= 0.3 is 5.97 Å². The summed E-state index contributed by atoms with van der Waals surface area (Å²) >= 11 is 0. The predicted molar refractivity (Wildman–Crippen MR) is 74.5 cm³/mol. The summed E-state index contributed by atoms with van der Waals surface area (Å²) < 4.78 is 7.53. The van der Waals surface area contributed by atoms with Crippen molar-refractivity contribution in [3.05, 3.63) is 36.4 Å². The molecule has 1 unspecified atom stereocenters. The number of fused-ring (bicyclic) bond motifs is 1. The van der Waals surface area contributed by atoms with Crippen LogP contribution in [0.2, 0.25) is 0 Å². The largest absolute Gasteiger partial charge is 0.459 e. The second-order valence-electron chi connectivity index (χ2n) is 6.27. The highest BCUT2D eigenvalue weighted by molar-refractivity contribution is 5.89. The Balaban J connectivity index is 1.47. The van der Waals surface area contributed by atoms with E-state index in [0.717, 1.165) is 18.4 Å². The topological polar surface area (TPSA) is 43.6 Å². The zero-order chi connectivity index (χ0) is 13.6. The van der Waals surface area contributed by atoms with E-state index in [9.17, 15) is 4.79 Å². The van der Waals surface area contributed by atoms with Crippen LogP contribution in [0.5, 0.6) is 0 Å². The minimum atomic E-state index is -0.207. The van der Waals surface area contributed by atoms with Crippen molar-refractivity contribution in [3.63, 3.8) is 0 Å². The molecule has 0 aliphatic heterocycles. The third-order valence-electron chi connectivity index (χ3n) is 4.99. The number of ether oxygens (including phenoxy) is 1. The Kier molecular flexibility index (Phi) is 2.59. The summed E-state index contributed by atoms with van der Waals surface area (Å²) in [5, 5.41) is 0. The maximum atomic E-state index is 12.2. The van der Waals surface area contributed by atoms with Crippen LogP contribution < -0.4 is 0 Å². The highest BCUT2D eigenvalue weighted by atomic mass is 16.5. The van der Waals surface area contributed by atoms with Crippen LogP contribution in [0.1, 0.15) is 48.9 Å². The molecular weight excluding hydrogens is 252 g/mol. The monoisotopic (exact) mass is 270 g/mol. The molecule has 2 saturated carbocycles. The second kappa shape index (κ2) is 4.33. The Labute approximate surface area is 117 Å². The lowest BCUT2D eigenvalue weighted by atomic mass is 9.68. The van der Waals surface area contributed by atoms with Crippen molar-refractivity contribution in [1.29, 1.82) is 0 Å². The number of aromatic nitrogens is 2. The molecule has 2 aliphatic carbocycles. The summed E-state index contributed by atoms with van der Waals surface area (Å²) in [6.07, 6.45) is 12.7. The fourth-order valence-corrected chi connectivity index (χ4v) is 3.65. The molecule has 1 atom stereocenters. The molecule has 104 valence electrons. The summed E-state index contributed by atoms with van der Waals surface area (Å²) in [4.78, 5) is 16.3. The van der Waals surface area contributed by atoms with Crippen molar-refractivity contribution in [1.82, 2.24) is 9.38 Å². The molecule has 4 nitrogen and oxygen atoms in total. The van der Waals surface area contributed by atoms with Gasteiger partial charge < -0.3 is 9.14 Å². The lowest BCUT2D eigenvalue weighted by molar-refractivity contribution is 0.0247. The van der Waals surface area contributed by atoms with Crippen molar-refractivity contribution in [2.75, 3.05) is 0 Å². The SMILES string of the molecule is O=C(OC1CCC2(CCC2)C1)c1ccc2cncn2c1. The van der Waals surface area contributed by atoms with Crippen molar-refractivity contribution < 1.29 is 9.53 Å². The lowest BCUT2D eigenvalue weighted by Crippen LogP contribution is -2.27. The summed E-state index contributed by atoms with van der Waals surface area (Å²) in [5.74, 6) is -0.207. The minimum absolute atomic E-state index is 0.112. The van der Waals surface area contributed by atoms with Gasteiger partial charge in [-0.05, 0) is 49.7 Å². The summed E-state index contributed by atoms with van der Waals surface area (Å²) in [6, 6.07) is 3.71. The van der Waals surface area contributed by atoms with Crippen LogP contribution >= 0.6 is 0 Å². The Morgan fingerprint density at radius 3 is 3.00 bits per heavy atom. The average Bonchev–Trinajstić information content (AvgIpc) is 3.03. The van der Waals surface area contributed by atoms with Crippen molar-refractivity contribution in [2.45, 2.75) is 44.6 Å². The third-order valence-corrected chi connectivity index (χ3v) is 4.99. The Morgan fingerprint density at radius 2 is 2.25 bits per heavy atom. The van der Waals surface area contributed by atoms with Gasteiger partial charge in [-0.1, -0.05) is 6.42 Å². The molecule has 20 heavy (non-hydrogen) atoms. The molecule has 0 bridgehead atoms. The van der Waals surface area contributed by atoms with Gasteiger partial charge in [-0.3, -0.25) is 0 Å². The van der Waals surface area contributed by atoms with E-state index < -0.39 is 0 Å². The number of pyridine rings is 1. The van der Waals surface area contributed by atoms with Crippen LogP contribution in [0.4, 0.5) is 0 Å². The molecule has 0 radical (unpaired) electrons. The molecular formula is C16H18N2O2. The van der Waals surface area contributed by atoms with Crippen molar-refractivity contribution >= 4 is 11.5 Å². The van der Waals surface area contributed by atoms with E-state index in [2.05, 4.69) is 4.98 Å². The molecule has 0 aromatic carbocycles. The average molecular weight is 270 g/mol. The minimum Gasteiger partial charge on any atom is -0.459 e. The van der Waals surface area contributed by atoms with E-state index in [1.165, 1.54) is 25.7 Å². The molecule has 4 rings (SSSR count). The zero-order valence-corrected chi connectivity index (χ0v) is 11.4. The van der Waals surface area contributed by atoms with Gasteiger partial charge in [-0.25, -0.2) is 9.78 Å². The molecule has 4 heteroatoms. The standard InChI is InChI=1S/C16H18N2O2/c19-15(12-2-3-13-9-17-11-18(13)10-12)20-14-4-7-16(8-14)5-1-6-16/h2-3,9-11,14H,1,4-8H2. The molecule has 0 saturated heterocycles. The number of imidazole rings is 1. The number of carbonyl (C=O) groups excluding carboxylic acids is 1. The van der Waals surface area contributed by atoms with Gasteiger partial charge in [0, 0.05) is 6.20 Å². The van der Waals surface area contributed by atoms with Crippen molar-refractivity contribution in [3.8, 4) is 0 Å². The fraction of sp³-hybridized carbons (Fsp3) is 0.500. The van der Waals surface area contributed by atoms with Crippen LogP contribution in [0.3, 0.4) is 0 Å². The Bertz CT molecular complexity index is 657. The second-order valence-corrected chi connectivity index (χ2v) is 6.27. The molecule has 2 aliphatic rings. The summed E-state index contributed by atoms with van der Waals surface area (Å²) in [5.41, 5.74) is 2.10. The molecule has 0 N–H and O–H groups in total. The smallest absolute Gasteiger partial charge is 0.339 e. The number of esters is 1. The van der Waals surface area contributed by atoms with E-state index in [-0.39, 0.29) is 12.1 Å². The van der Waals surface area contributed by atoms with Crippen LogP contribution in [-0.4, -0.2) is 21.5 Å². The van der Waals surface area contributed by atoms with E-state index in [1.54, 1.807) is 18.7 Å². The summed E-state index contributed by atoms with van der Waals surface area (Å²) in [7, 11) is 0.